The number of carbonyl (C=O) groups excluding carboxylic acids is 1. The van der Waals surface area contributed by atoms with Crippen molar-refractivity contribution in [3.05, 3.63) is 23.3 Å². The molecule has 0 N–H and O–H groups in total. The standard InChI is InChI=1S/C15H22O3.C2H6/c1-11-12(14(2,3)7-6-13(11)16)5-8-15(4)17-9-10-18-15;1-2/h5,8H,6-7,9-10H2,1-4H3;1-2H3/b8-5+;. The fourth-order valence-electron chi connectivity index (χ4n) is 2.62. The Morgan fingerprint density at radius 2 is 1.65 bits per heavy atom. The lowest BCUT2D eigenvalue weighted by molar-refractivity contribution is -0.116. The van der Waals surface area contributed by atoms with Gasteiger partial charge in [-0.1, -0.05) is 33.8 Å². The molecule has 1 saturated heterocycles. The highest BCUT2D eigenvalue weighted by atomic mass is 16.7. The monoisotopic (exact) mass is 280 g/mol. The lowest BCUT2D eigenvalue weighted by Gasteiger charge is -2.32. The molecule has 0 aromatic heterocycles. The molecule has 0 amide bonds. The summed E-state index contributed by atoms with van der Waals surface area (Å²) in [6.45, 7) is 13.4. The van der Waals surface area contributed by atoms with Crippen LogP contribution in [0.15, 0.2) is 23.3 Å². The van der Waals surface area contributed by atoms with E-state index in [0.717, 1.165) is 17.6 Å². The van der Waals surface area contributed by atoms with Crippen molar-refractivity contribution in [3.63, 3.8) is 0 Å². The zero-order valence-corrected chi connectivity index (χ0v) is 13.7. The third kappa shape index (κ3) is 3.80. The summed E-state index contributed by atoms with van der Waals surface area (Å²) in [6.07, 6.45) is 5.50. The van der Waals surface area contributed by atoms with E-state index in [-0.39, 0.29) is 11.2 Å². The van der Waals surface area contributed by atoms with E-state index in [9.17, 15) is 4.79 Å². The first kappa shape index (κ1) is 17.1. The molecule has 1 heterocycles. The van der Waals surface area contributed by atoms with Crippen molar-refractivity contribution < 1.29 is 14.3 Å². The maximum absolute atomic E-state index is 11.8. The quantitative estimate of drug-likeness (QED) is 0.766. The SMILES string of the molecule is CC.CC1=C(/C=C/C2(C)OCCO2)C(C)(C)CCC1=O. The topological polar surface area (TPSA) is 35.5 Å². The molecule has 0 aromatic rings. The van der Waals surface area contributed by atoms with Crippen LogP contribution in [-0.2, 0) is 14.3 Å². The van der Waals surface area contributed by atoms with E-state index in [1.165, 1.54) is 0 Å². The van der Waals surface area contributed by atoms with Gasteiger partial charge in [-0.05, 0) is 42.9 Å². The Morgan fingerprint density at radius 3 is 2.20 bits per heavy atom. The van der Waals surface area contributed by atoms with Gasteiger partial charge in [0.25, 0.3) is 0 Å². The minimum atomic E-state index is -0.635. The second kappa shape index (κ2) is 6.68. The Bertz CT molecular complexity index is 410. The van der Waals surface area contributed by atoms with Crippen LogP contribution in [0, 0.1) is 5.41 Å². The Hall–Kier alpha value is -0.930. The van der Waals surface area contributed by atoms with E-state index in [0.29, 0.717) is 19.6 Å². The minimum Gasteiger partial charge on any atom is -0.344 e. The predicted molar refractivity (Wildman–Crippen MR) is 81.5 cm³/mol. The molecule has 1 aliphatic carbocycles. The number of Topliss-reactive ketones (excluding diaryl/α,β-unsaturated/α-hetero) is 1. The molecule has 2 aliphatic rings. The maximum Gasteiger partial charge on any atom is 0.185 e. The Kier molecular flexibility index (Phi) is 5.72. The van der Waals surface area contributed by atoms with Gasteiger partial charge in [-0.3, -0.25) is 4.79 Å². The number of allylic oxidation sites excluding steroid dienone is 3. The summed E-state index contributed by atoms with van der Waals surface area (Å²) in [7, 11) is 0. The fraction of sp³-hybridized carbons (Fsp3) is 0.706. The zero-order valence-electron chi connectivity index (χ0n) is 13.7. The average Bonchev–Trinajstić information content (AvgIpc) is 2.84. The lowest BCUT2D eigenvalue weighted by atomic mass is 9.72. The highest BCUT2D eigenvalue weighted by Crippen LogP contribution is 2.39. The Balaban J connectivity index is 0.000000956. The number of carbonyl (C=O) groups is 1. The molecule has 0 bridgehead atoms. The van der Waals surface area contributed by atoms with Crippen LogP contribution in [0.25, 0.3) is 0 Å². The van der Waals surface area contributed by atoms with Gasteiger partial charge in [0.1, 0.15) is 0 Å². The van der Waals surface area contributed by atoms with Crippen molar-refractivity contribution in [2.24, 2.45) is 5.41 Å². The van der Waals surface area contributed by atoms with Crippen LogP contribution < -0.4 is 0 Å². The van der Waals surface area contributed by atoms with E-state index in [1.54, 1.807) is 0 Å². The van der Waals surface area contributed by atoms with Gasteiger partial charge >= 0.3 is 0 Å². The molecule has 0 spiro atoms. The van der Waals surface area contributed by atoms with E-state index in [1.807, 2.05) is 39.8 Å². The molecule has 0 radical (unpaired) electrons. The highest BCUT2D eigenvalue weighted by Gasteiger charge is 2.33. The largest absolute Gasteiger partial charge is 0.344 e. The zero-order chi connectivity index (χ0) is 15.4. The normalized spacial score (nSPS) is 24.8. The average molecular weight is 280 g/mol. The molecular formula is C17H28O3. The third-order valence-corrected chi connectivity index (χ3v) is 3.94. The molecule has 20 heavy (non-hydrogen) atoms. The van der Waals surface area contributed by atoms with Crippen molar-refractivity contribution in [2.75, 3.05) is 13.2 Å². The number of hydrogen-bond acceptors (Lipinski definition) is 3. The summed E-state index contributed by atoms with van der Waals surface area (Å²) in [4.78, 5) is 11.8. The molecule has 0 atom stereocenters. The fourth-order valence-corrected chi connectivity index (χ4v) is 2.62. The number of ether oxygens (including phenoxy) is 2. The van der Waals surface area contributed by atoms with Gasteiger partial charge in [-0.2, -0.15) is 0 Å². The molecule has 2 rings (SSSR count). The molecule has 0 unspecified atom stereocenters. The van der Waals surface area contributed by atoms with Gasteiger partial charge in [0.2, 0.25) is 0 Å². The van der Waals surface area contributed by atoms with E-state index in [4.69, 9.17) is 9.47 Å². The summed E-state index contributed by atoms with van der Waals surface area (Å²) in [5.74, 6) is -0.378. The van der Waals surface area contributed by atoms with Gasteiger partial charge < -0.3 is 9.47 Å². The minimum absolute atomic E-state index is 0.0451. The summed E-state index contributed by atoms with van der Waals surface area (Å²) >= 11 is 0. The van der Waals surface area contributed by atoms with Crippen LogP contribution in [-0.4, -0.2) is 24.8 Å². The molecule has 0 aromatic carbocycles. The van der Waals surface area contributed by atoms with Gasteiger partial charge in [0.15, 0.2) is 11.6 Å². The number of hydrogen-bond donors (Lipinski definition) is 0. The van der Waals surface area contributed by atoms with Crippen molar-refractivity contribution >= 4 is 5.78 Å². The first-order valence-electron chi connectivity index (χ1n) is 7.56. The van der Waals surface area contributed by atoms with Crippen molar-refractivity contribution in [1.82, 2.24) is 0 Å². The van der Waals surface area contributed by atoms with Gasteiger partial charge in [0.05, 0.1) is 13.2 Å². The van der Waals surface area contributed by atoms with Crippen LogP contribution in [0.1, 0.15) is 54.4 Å². The summed E-state index contributed by atoms with van der Waals surface area (Å²) in [6, 6.07) is 0. The van der Waals surface area contributed by atoms with E-state index < -0.39 is 5.79 Å². The van der Waals surface area contributed by atoms with Gasteiger partial charge in [-0.15, -0.1) is 0 Å². The molecule has 1 aliphatic heterocycles. The lowest BCUT2D eigenvalue weighted by Crippen LogP contribution is -2.26. The van der Waals surface area contributed by atoms with E-state index >= 15 is 0 Å². The smallest absolute Gasteiger partial charge is 0.185 e. The molecule has 3 nitrogen and oxygen atoms in total. The second-order valence-electron chi connectivity index (χ2n) is 5.89. The van der Waals surface area contributed by atoms with Crippen LogP contribution in [0.5, 0.6) is 0 Å². The third-order valence-electron chi connectivity index (χ3n) is 3.94. The number of ketones is 1. The molecule has 0 saturated carbocycles. The van der Waals surface area contributed by atoms with Crippen molar-refractivity contribution in [2.45, 2.75) is 60.2 Å². The summed E-state index contributed by atoms with van der Waals surface area (Å²) in [5, 5.41) is 0. The van der Waals surface area contributed by atoms with Crippen molar-refractivity contribution in [1.29, 1.82) is 0 Å². The summed E-state index contributed by atoms with van der Waals surface area (Å²) in [5.41, 5.74) is 2.03. The highest BCUT2D eigenvalue weighted by molar-refractivity contribution is 5.97. The molecular weight excluding hydrogens is 252 g/mol. The van der Waals surface area contributed by atoms with Crippen LogP contribution in [0.3, 0.4) is 0 Å². The van der Waals surface area contributed by atoms with E-state index in [2.05, 4.69) is 13.8 Å². The maximum atomic E-state index is 11.8. The molecule has 114 valence electrons. The van der Waals surface area contributed by atoms with Crippen LogP contribution in [0.2, 0.25) is 0 Å². The second-order valence-corrected chi connectivity index (χ2v) is 5.89. The molecule has 3 heteroatoms. The van der Waals surface area contributed by atoms with Gasteiger partial charge in [-0.25, -0.2) is 0 Å². The first-order valence-corrected chi connectivity index (χ1v) is 7.56. The van der Waals surface area contributed by atoms with Crippen LogP contribution in [0.4, 0.5) is 0 Å². The summed E-state index contributed by atoms with van der Waals surface area (Å²) < 4.78 is 11.1. The Morgan fingerprint density at radius 1 is 1.10 bits per heavy atom. The first-order chi connectivity index (χ1) is 9.34. The van der Waals surface area contributed by atoms with Crippen LogP contribution >= 0.6 is 0 Å². The predicted octanol–water partition coefficient (Wildman–Crippen LogP) is 4.04. The Labute approximate surface area is 123 Å². The molecule has 1 fully saturated rings. The number of rotatable bonds is 2. The van der Waals surface area contributed by atoms with Crippen molar-refractivity contribution in [3.8, 4) is 0 Å². The van der Waals surface area contributed by atoms with Gasteiger partial charge in [0, 0.05) is 6.42 Å².